The minimum absolute atomic E-state index is 0.0409. The van der Waals surface area contributed by atoms with Crippen molar-refractivity contribution in [1.29, 1.82) is 0 Å². The van der Waals surface area contributed by atoms with Crippen LogP contribution < -0.4 is 15.5 Å². The Kier molecular flexibility index (Phi) is 5.34. The van der Waals surface area contributed by atoms with Gasteiger partial charge in [-0.1, -0.05) is 0 Å². The highest BCUT2D eigenvalue weighted by molar-refractivity contribution is 5.45. The first-order chi connectivity index (χ1) is 12.1. The lowest BCUT2D eigenvalue weighted by Gasteiger charge is -2.28. The number of hydrogen-bond donors (Lipinski definition) is 3. The molecule has 2 aromatic heterocycles. The van der Waals surface area contributed by atoms with E-state index >= 15 is 0 Å². The van der Waals surface area contributed by atoms with Crippen molar-refractivity contribution in [3.63, 3.8) is 0 Å². The van der Waals surface area contributed by atoms with Gasteiger partial charge in [0.15, 0.2) is 0 Å². The summed E-state index contributed by atoms with van der Waals surface area (Å²) in [5.74, 6) is 2.23. The molecule has 1 fully saturated rings. The van der Waals surface area contributed by atoms with E-state index in [1.54, 1.807) is 6.26 Å². The Balaban J connectivity index is 1.81. The molecule has 3 N–H and O–H groups in total. The number of aliphatic hydroxyl groups is 1. The number of anilines is 3. The van der Waals surface area contributed by atoms with Crippen LogP contribution in [0.2, 0.25) is 0 Å². The van der Waals surface area contributed by atoms with Crippen LogP contribution in [-0.4, -0.2) is 58.5 Å². The molecule has 0 radical (unpaired) electrons. The Morgan fingerprint density at radius 1 is 1.20 bits per heavy atom. The number of nitrogens with one attached hydrogen (secondary N) is 2. The maximum Gasteiger partial charge on any atom is 0.232 e. The fourth-order valence-corrected chi connectivity index (χ4v) is 2.33. The van der Waals surface area contributed by atoms with Gasteiger partial charge in [-0.25, -0.2) is 0 Å². The van der Waals surface area contributed by atoms with E-state index in [1.165, 1.54) is 0 Å². The van der Waals surface area contributed by atoms with Gasteiger partial charge in [-0.15, -0.1) is 0 Å². The van der Waals surface area contributed by atoms with Crippen LogP contribution in [0, 0.1) is 0 Å². The van der Waals surface area contributed by atoms with Crippen LogP contribution in [0.25, 0.3) is 0 Å². The summed E-state index contributed by atoms with van der Waals surface area (Å²) < 4.78 is 10.7. The second kappa shape index (κ2) is 7.66. The van der Waals surface area contributed by atoms with Crippen molar-refractivity contribution < 1.29 is 14.3 Å². The van der Waals surface area contributed by atoms with Crippen molar-refractivity contribution in [3.05, 3.63) is 24.2 Å². The quantitative estimate of drug-likeness (QED) is 0.677. The van der Waals surface area contributed by atoms with Gasteiger partial charge in [0.05, 0.1) is 38.2 Å². The summed E-state index contributed by atoms with van der Waals surface area (Å²) in [4.78, 5) is 15.5. The van der Waals surface area contributed by atoms with Gasteiger partial charge in [-0.2, -0.15) is 15.0 Å². The van der Waals surface area contributed by atoms with Gasteiger partial charge in [0.25, 0.3) is 0 Å². The Bertz CT molecular complexity index is 671. The summed E-state index contributed by atoms with van der Waals surface area (Å²) in [6.07, 6.45) is 1.63. The second-order valence-electron chi connectivity index (χ2n) is 6.48. The molecule has 0 aliphatic carbocycles. The molecule has 0 spiro atoms. The smallest absolute Gasteiger partial charge is 0.232 e. The van der Waals surface area contributed by atoms with E-state index in [1.807, 2.05) is 26.0 Å². The molecule has 0 amide bonds. The maximum atomic E-state index is 9.48. The molecule has 9 nitrogen and oxygen atoms in total. The average molecular weight is 348 g/mol. The first-order valence-corrected chi connectivity index (χ1v) is 8.30. The lowest BCUT2D eigenvalue weighted by Crippen LogP contribution is -2.39. The number of nitrogens with zero attached hydrogens (tertiary/aromatic N) is 4. The number of ether oxygens (including phenoxy) is 1. The van der Waals surface area contributed by atoms with Crippen LogP contribution >= 0.6 is 0 Å². The summed E-state index contributed by atoms with van der Waals surface area (Å²) in [6, 6.07) is 3.71. The largest absolute Gasteiger partial charge is 0.467 e. The van der Waals surface area contributed by atoms with Gasteiger partial charge in [-0.3, -0.25) is 0 Å². The zero-order chi connectivity index (χ0) is 17.7. The average Bonchev–Trinajstić information content (AvgIpc) is 3.14. The standard InChI is InChI=1S/C16H24N6O3/c1-16(2,11-23)21-14-18-13(17-10-12-4-3-7-25-12)19-15(20-14)22-5-8-24-9-6-22/h3-4,7,23H,5-6,8-11H2,1-2H3,(H2,17,18,19,20,21). The maximum absolute atomic E-state index is 9.48. The van der Waals surface area contributed by atoms with Crippen LogP contribution in [0.5, 0.6) is 0 Å². The van der Waals surface area contributed by atoms with Gasteiger partial charge in [0.2, 0.25) is 17.8 Å². The number of hydrogen-bond acceptors (Lipinski definition) is 9. The van der Waals surface area contributed by atoms with E-state index in [4.69, 9.17) is 9.15 Å². The molecule has 1 saturated heterocycles. The van der Waals surface area contributed by atoms with Gasteiger partial charge >= 0.3 is 0 Å². The van der Waals surface area contributed by atoms with Crippen molar-refractivity contribution in [3.8, 4) is 0 Å². The molecule has 0 aromatic carbocycles. The summed E-state index contributed by atoms with van der Waals surface area (Å²) in [5, 5.41) is 15.8. The third-order valence-electron chi connectivity index (χ3n) is 3.76. The molecule has 0 saturated carbocycles. The topological polar surface area (TPSA) is 109 Å². The van der Waals surface area contributed by atoms with Crippen LogP contribution in [0.15, 0.2) is 22.8 Å². The minimum Gasteiger partial charge on any atom is -0.467 e. The van der Waals surface area contributed by atoms with E-state index in [0.717, 1.165) is 18.8 Å². The molecular formula is C16H24N6O3. The molecular weight excluding hydrogens is 324 g/mol. The Hall–Kier alpha value is -2.39. The third-order valence-corrected chi connectivity index (χ3v) is 3.76. The lowest BCUT2D eigenvalue weighted by atomic mass is 10.1. The van der Waals surface area contributed by atoms with Crippen molar-refractivity contribution in [2.45, 2.75) is 25.9 Å². The number of rotatable bonds is 7. The third kappa shape index (κ3) is 4.80. The molecule has 0 atom stereocenters. The highest BCUT2D eigenvalue weighted by Gasteiger charge is 2.21. The predicted octanol–water partition coefficient (Wildman–Crippen LogP) is 1.10. The van der Waals surface area contributed by atoms with Crippen molar-refractivity contribution in [1.82, 2.24) is 15.0 Å². The van der Waals surface area contributed by atoms with Crippen molar-refractivity contribution in [2.24, 2.45) is 0 Å². The van der Waals surface area contributed by atoms with E-state index in [2.05, 4.69) is 30.5 Å². The fourth-order valence-electron chi connectivity index (χ4n) is 2.33. The molecule has 0 bridgehead atoms. The van der Waals surface area contributed by atoms with E-state index in [9.17, 15) is 5.11 Å². The molecule has 3 rings (SSSR count). The van der Waals surface area contributed by atoms with Crippen LogP contribution in [0.4, 0.5) is 17.8 Å². The van der Waals surface area contributed by atoms with Gasteiger partial charge in [-0.05, 0) is 26.0 Å². The molecule has 3 heterocycles. The highest BCUT2D eigenvalue weighted by atomic mass is 16.5. The van der Waals surface area contributed by atoms with Crippen molar-refractivity contribution >= 4 is 17.8 Å². The zero-order valence-corrected chi connectivity index (χ0v) is 14.5. The van der Waals surface area contributed by atoms with E-state index in [-0.39, 0.29) is 6.61 Å². The molecule has 25 heavy (non-hydrogen) atoms. The minimum atomic E-state index is -0.540. The molecule has 1 aliphatic heterocycles. The zero-order valence-electron chi connectivity index (χ0n) is 14.5. The van der Waals surface area contributed by atoms with Gasteiger partial charge in [0, 0.05) is 13.1 Å². The summed E-state index contributed by atoms with van der Waals surface area (Å²) in [6.45, 7) is 6.93. The van der Waals surface area contributed by atoms with Crippen LogP contribution in [0.1, 0.15) is 19.6 Å². The number of aliphatic hydroxyl groups excluding tert-OH is 1. The van der Waals surface area contributed by atoms with Gasteiger partial charge < -0.3 is 29.8 Å². The molecule has 0 unspecified atom stereocenters. The molecule has 136 valence electrons. The first-order valence-electron chi connectivity index (χ1n) is 8.30. The fraction of sp³-hybridized carbons (Fsp3) is 0.562. The van der Waals surface area contributed by atoms with Crippen LogP contribution in [-0.2, 0) is 11.3 Å². The highest BCUT2D eigenvalue weighted by Crippen LogP contribution is 2.18. The number of aromatic nitrogens is 3. The second-order valence-corrected chi connectivity index (χ2v) is 6.48. The normalized spacial score (nSPS) is 15.2. The van der Waals surface area contributed by atoms with Crippen molar-refractivity contribution in [2.75, 3.05) is 48.4 Å². The summed E-state index contributed by atoms with van der Waals surface area (Å²) >= 11 is 0. The number of furan rings is 1. The Labute approximate surface area is 146 Å². The van der Waals surface area contributed by atoms with E-state index < -0.39 is 5.54 Å². The monoisotopic (exact) mass is 348 g/mol. The molecule has 2 aromatic rings. The Morgan fingerprint density at radius 3 is 2.64 bits per heavy atom. The molecule has 1 aliphatic rings. The number of morpholine rings is 1. The summed E-state index contributed by atoms with van der Waals surface area (Å²) in [5.41, 5.74) is -0.540. The van der Waals surface area contributed by atoms with Crippen LogP contribution in [0.3, 0.4) is 0 Å². The predicted molar refractivity (Wildman–Crippen MR) is 93.7 cm³/mol. The van der Waals surface area contributed by atoms with Gasteiger partial charge in [0.1, 0.15) is 5.76 Å². The Morgan fingerprint density at radius 2 is 1.96 bits per heavy atom. The summed E-state index contributed by atoms with van der Waals surface area (Å²) in [7, 11) is 0. The van der Waals surface area contributed by atoms with E-state index in [0.29, 0.717) is 37.6 Å². The first kappa shape index (κ1) is 17.4. The lowest BCUT2D eigenvalue weighted by molar-refractivity contribution is 0.122. The molecule has 9 heteroatoms. The SMILES string of the molecule is CC(C)(CO)Nc1nc(NCc2ccco2)nc(N2CCOCC2)n1.